The van der Waals surface area contributed by atoms with Crippen molar-refractivity contribution < 1.29 is 23.8 Å². The predicted octanol–water partition coefficient (Wildman–Crippen LogP) is 3.63. The molecule has 1 atom stereocenters. The van der Waals surface area contributed by atoms with Crippen LogP contribution in [-0.2, 0) is 27.2 Å². The fourth-order valence-corrected chi connectivity index (χ4v) is 3.90. The molecule has 0 N–H and O–H groups in total. The Morgan fingerprint density at radius 2 is 2.03 bits per heavy atom. The lowest BCUT2D eigenvalue weighted by Crippen LogP contribution is -2.53. The maximum absolute atomic E-state index is 13.4. The van der Waals surface area contributed by atoms with Crippen LogP contribution in [0.3, 0.4) is 0 Å². The zero-order valence-corrected chi connectivity index (χ0v) is 19.5. The van der Waals surface area contributed by atoms with Crippen LogP contribution in [0.5, 0.6) is 5.75 Å². The van der Waals surface area contributed by atoms with Crippen molar-refractivity contribution in [3.63, 3.8) is 0 Å². The molecule has 0 bridgehead atoms. The summed E-state index contributed by atoms with van der Waals surface area (Å²) in [4.78, 5) is 29.3. The molecule has 2 aliphatic heterocycles. The van der Waals surface area contributed by atoms with Crippen LogP contribution in [-0.4, -0.2) is 66.4 Å². The van der Waals surface area contributed by atoms with E-state index in [1.54, 1.807) is 4.90 Å². The van der Waals surface area contributed by atoms with Gasteiger partial charge in [0.25, 0.3) is 5.91 Å². The molecule has 1 saturated heterocycles. The van der Waals surface area contributed by atoms with E-state index in [2.05, 4.69) is 19.9 Å². The quantitative estimate of drug-likeness (QED) is 0.711. The fourth-order valence-electron chi connectivity index (χ4n) is 3.90. The molecule has 1 unspecified atom stereocenters. The van der Waals surface area contributed by atoms with Gasteiger partial charge in [0.2, 0.25) is 0 Å². The number of ether oxygens (including phenoxy) is 3. The van der Waals surface area contributed by atoms with Crippen LogP contribution in [0.15, 0.2) is 18.2 Å². The molecule has 7 nitrogen and oxygen atoms in total. The average molecular weight is 433 g/mol. The minimum Gasteiger partial charge on any atom is -0.493 e. The third-order valence-corrected chi connectivity index (χ3v) is 5.24. The number of benzene rings is 1. The Morgan fingerprint density at radius 3 is 2.74 bits per heavy atom. The fraction of sp³-hybridized carbons (Fsp3) is 0.667. The van der Waals surface area contributed by atoms with Gasteiger partial charge in [-0.15, -0.1) is 0 Å². The molecule has 0 saturated carbocycles. The smallest absolute Gasteiger partial charge is 0.410 e. The second-order valence-electron chi connectivity index (χ2n) is 9.79. The van der Waals surface area contributed by atoms with Crippen LogP contribution in [0.1, 0.15) is 52.2 Å². The summed E-state index contributed by atoms with van der Waals surface area (Å²) < 4.78 is 17.0. The Kier molecular flexibility index (Phi) is 7.46. The van der Waals surface area contributed by atoms with E-state index in [4.69, 9.17) is 14.2 Å². The predicted molar refractivity (Wildman–Crippen MR) is 118 cm³/mol. The lowest BCUT2D eigenvalue weighted by atomic mass is 10.0. The number of rotatable bonds is 5. The van der Waals surface area contributed by atoms with Gasteiger partial charge in [-0.1, -0.05) is 26.0 Å². The summed E-state index contributed by atoms with van der Waals surface area (Å²) in [6, 6.07) is 6.17. The highest BCUT2D eigenvalue weighted by molar-refractivity contribution is 5.82. The second-order valence-corrected chi connectivity index (χ2v) is 9.79. The minimum absolute atomic E-state index is 0.0871. The topological polar surface area (TPSA) is 68.3 Å². The number of carbonyl (C=O) groups is 2. The van der Waals surface area contributed by atoms with Crippen molar-refractivity contribution in [2.75, 3.05) is 32.8 Å². The van der Waals surface area contributed by atoms with Crippen molar-refractivity contribution >= 4 is 12.0 Å². The van der Waals surface area contributed by atoms with E-state index in [0.717, 1.165) is 30.8 Å². The van der Waals surface area contributed by atoms with E-state index in [0.29, 0.717) is 32.2 Å². The summed E-state index contributed by atoms with van der Waals surface area (Å²) in [6.07, 6.45) is 0.930. The molecule has 0 spiro atoms. The molecule has 3 rings (SSSR count). The maximum Gasteiger partial charge on any atom is 0.410 e. The van der Waals surface area contributed by atoms with Crippen molar-refractivity contribution in [2.45, 2.75) is 65.7 Å². The third kappa shape index (κ3) is 6.60. The molecule has 31 heavy (non-hydrogen) atoms. The standard InChI is InChI=1S/C24H36N2O5/c1-17(2)14-26(15-18-8-9-20-19(13-18)7-6-11-29-20)22(27)21-16-25(10-12-30-21)23(28)31-24(3,4)5/h8-9,13,17,21H,6-7,10-12,14-16H2,1-5H3. The Hall–Kier alpha value is -2.28. The first-order chi connectivity index (χ1) is 14.6. The first-order valence-electron chi connectivity index (χ1n) is 11.3. The largest absolute Gasteiger partial charge is 0.493 e. The van der Waals surface area contributed by atoms with Crippen molar-refractivity contribution in [1.29, 1.82) is 0 Å². The maximum atomic E-state index is 13.4. The van der Waals surface area contributed by atoms with Gasteiger partial charge < -0.3 is 24.0 Å². The summed E-state index contributed by atoms with van der Waals surface area (Å²) >= 11 is 0. The number of amides is 2. The normalized spacial score (nSPS) is 18.9. The second kappa shape index (κ2) is 9.90. The van der Waals surface area contributed by atoms with E-state index in [1.807, 2.05) is 37.8 Å². The molecule has 0 aromatic heterocycles. The van der Waals surface area contributed by atoms with Gasteiger partial charge in [-0.05, 0) is 56.7 Å². The van der Waals surface area contributed by atoms with Gasteiger partial charge in [0.15, 0.2) is 6.10 Å². The molecule has 1 fully saturated rings. The molecule has 0 radical (unpaired) electrons. The highest BCUT2D eigenvalue weighted by atomic mass is 16.6. The zero-order valence-electron chi connectivity index (χ0n) is 19.5. The van der Waals surface area contributed by atoms with Crippen LogP contribution in [0.2, 0.25) is 0 Å². The molecule has 1 aromatic carbocycles. The monoisotopic (exact) mass is 432 g/mol. The number of fused-ring (bicyclic) bond motifs is 1. The molecular formula is C24H36N2O5. The van der Waals surface area contributed by atoms with Gasteiger partial charge in [-0.25, -0.2) is 4.79 Å². The van der Waals surface area contributed by atoms with E-state index < -0.39 is 17.8 Å². The first-order valence-corrected chi connectivity index (χ1v) is 11.3. The summed E-state index contributed by atoms with van der Waals surface area (Å²) in [7, 11) is 0. The molecule has 0 aliphatic carbocycles. The molecule has 7 heteroatoms. The zero-order chi connectivity index (χ0) is 22.6. The van der Waals surface area contributed by atoms with Crippen LogP contribution in [0.4, 0.5) is 4.79 Å². The number of nitrogens with zero attached hydrogens (tertiary/aromatic N) is 2. The van der Waals surface area contributed by atoms with Crippen LogP contribution in [0.25, 0.3) is 0 Å². The van der Waals surface area contributed by atoms with Crippen molar-refractivity contribution in [3.05, 3.63) is 29.3 Å². The van der Waals surface area contributed by atoms with E-state index in [-0.39, 0.29) is 12.5 Å². The van der Waals surface area contributed by atoms with Gasteiger partial charge in [0.1, 0.15) is 11.4 Å². The SMILES string of the molecule is CC(C)CN(Cc1ccc2c(c1)CCCO2)C(=O)C1CN(C(=O)OC(C)(C)C)CCO1. The summed E-state index contributed by atoms with van der Waals surface area (Å²) in [5, 5.41) is 0. The van der Waals surface area contributed by atoms with Crippen molar-refractivity contribution in [2.24, 2.45) is 5.92 Å². The Bertz CT molecular complexity index is 787. The van der Waals surface area contributed by atoms with E-state index in [9.17, 15) is 9.59 Å². The number of carbonyl (C=O) groups excluding carboxylic acids is 2. The highest BCUT2D eigenvalue weighted by Gasteiger charge is 2.34. The van der Waals surface area contributed by atoms with E-state index >= 15 is 0 Å². The van der Waals surface area contributed by atoms with Crippen LogP contribution >= 0.6 is 0 Å². The molecule has 2 amide bonds. The molecule has 172 valence electrons. The summed E-state index contributed by atoms with van der Waals surface area (Å²) in [5.41, 5.74) is 1.71. The lowest BCUT2D eigenvalue weighted by Gasteiger charge is -2.36. The third-order valence-electron chi connectivity index (χ3n) is 5.24. The van der Waals surface area contributed by atoms with Gasteiger partial charge >= 0.3 is 6.09 Å². The van der Waals surface area contributed by atoms with Gasteiger partial charge in [0, 0.05) is 19.6 Å². The van der Waals surface area contributed by atoms with Crippen molar-refractivity contribution in [1.82, 2.24) is 9.80 Å². The van der Waals surface area contributed by atoms with Crippen molar-refractivity contribution in [3.8, 4) is 5.75 Å². The highest BCUT2D eigenvalue weighted by Crippen LogP contribution is 2.26. The number of hydrogen-bond donors (Lipinski definition) is 0. The number of morpholine rings is 1. The first kappa shape index (κ1) is 23.4. The Labute approximate surface area is 185 Å². The van der Waals surface area contributed by atoms with Gasteiger partial charge in [0.05, 0.1) is 19.8 Å². The molecular weight excluding hydrogens is 396 g/mol. The van der Waals surface area contributed by atoms with E-state index in [1.165, 1.54) is 5.56 Å². The summed E-state index contributed by atoms with van der Waals surface area (Å²) in [6.45, 7) is 12.5. The van der Waals surface area contributed by atoms with Crippen LogP contribution in [0, 0.1) is 5.92 Å². The Morgan fingerprint density at radius 1 is 1.26 bits per heavy atom. The van der Waals surface area contributed by atoms with Gasteiger partial charge in [-0.2, -0.15) is 0 Å². The average Bonchev–Trinajstić information content (AvgIpc) is 2.71. The lowest BCUT2D eigenvalue weighted by molar-refractivity contribution is -0.150. The Balaban J connectivity index is 1.69. The van der Waals surface area contributed by atoms with Crippen LogP contribution < -0.4 is 4.74 Å². The summed E-state index contributed by atoms with van der Waals surface area (Å²) in [5.74, 6) is 1.17. The minimum atomic E-state index is -0.680. The van der Waals surface area contributed by atoms with Gasteiger partial charge in [-0.3, -0.25) is 4.79 Å². The molecule has 2 aliphatic rings. The molecule has 2 heterocycles. The number of hydrogen-bond acceptors (Lipinski definition) is 5. The number of aryl methyl sites for hydroxylation is 1. The molecule has 1 aromatic rings.